The molecular formula is C20H18N2O6. The van der Waals surface area contributed by atoms with Gasteiger partial charge in [0.2, 0.25) is 0 Å². The molecule has 0 spiro atoms. The number of carboxylic acids is 1. The van der Waals surface area contributed by atoms with Crippen molar-refractivity contribution in [3.63, 3.8) is 0 Å². The predicted octanol–water partition coefficient (Wildman–Crippen LogP) is 3.03. The molecule has 0 saturated carbocycles. The number of fused-ring (bicyclic) bond motifs is 3. The van der Waals surface area contributed by atoms with Crippen molar-refractivity contribution in [2.45, 2.75) is 13.3 Å². The summed E-state index contributed by atoms with van der Waals surface area (Å²) >= 11 is 0. The van der Waals surface area contributed by atoms with Gasteiger partial charge in [-0.15, -0.1) is 0 Å². The fraction of sp³-hybridized carbons (Fsp3) is 0.250. The Kier molecular flexibility index (Phi) is 5.65. The topological polar surface area (TPSA) is 110 Å². The van der Waals surface area contributed by atoms with E-state index < -0.39 is 11.9 Å². The molecule has 0 aliphatic rings. The van der Waals surface area contributed by atoms with Gasteiger partial charge >= 0.3 is 11.9 Å². The molecule has 3 aromatic rings. The first-order chi connectivity index (χ1) is 13.6. The molecule has 0 amide bonds. The third kappa shape index (κ3) is 3.69. The average Bonchev–Trinajstić information content (AvgIpc) is 2.99. The Labute approximate surface area is 160 Å². The smallest absolute Gasteiger partial charge is 0.340 e. The predicted molar refractivity (Wildman–Crippen MR) is 99.7 cm³/mol. The van der Waals surface area contributed by atoms with Gasteiger partial charge in [-0.3, -0.25) is 4.79 Å². The van der Waals surface area contributed by atoms with Crippen molar-refractivity contribution in [2.24, 2.45) is 0 Å². The number of nitrogens with zero attached hydrogens (tertiary/aromatic N) is 2. The fourth-order valence-corrected chi connectivity index (χ4v) is 2.94. The van der Waals surface area contributed by atoms with Crippen LogP contribution in [0.3, 0.4) is 0 Å². The molecule has 8 nitrogen and oxygen atoms in total. The summed E-state index contributed by atoms with van der Waals surface area (Å²) in [7, 11) is 0. The number of pyridine rings is 1. The molecule has 2 heterocycles. The van der Waals surface area contributed by atoms with Crippen LogP contribution >= 0.6 is 0 Å². The van der Waals surface area contributed by atoms with Crippen LogP contribution in [0.4, 0.5) is 0 Å². The summed E-state index contributed by atoms with van der Waals surface area (Å²) in [5.74, 6) is -0.947. The number of esters is 1. The van der Waals surface area contributed by atoms with Crippen LogP contribution in [0.1, 0.15) is 23.7 Å². The molecular weight excluding hydrogens is 364 g/mol. The lowest BCUT2D eigenvalue weighted by atomic mass is 10.1. The van der Waals surface area contributed by atoms with Gasteiger partial charge in [-0.2, -0.15) is 5.26 Å². The molecule has 0 saturated heterocycles. The number of aromatic nitrogens is 1. The number of carbonyl (C=O) groups excluding carboxylic acids is 1. The first-order valence-corrected chi connectivity index (χ1v) is 8.65. The largest absolute Gasteiger partial charge is 0.489 e. The number of hydrogen-bond donors (Lipinski definition) is 1. The maximum atomic E-state index is 12.6. The van der Waals surface area contributed by atoms with Gasteiger partial charge in [0.25, 0.3) is 0 Å². The van der Waals surface area contributed by atoms with E-state index in [-0.39, 0.29) is 37.7 Å². The zero-order chi connectivity index (χ0) is 20.1. The molecule has 1 N–H and O–H groups in total. The minimum atomic E-state index is -0.999. The fourth-order valence-electron chi connectivity index (χ4n) is 2.94. The van der Waals surface area contributed by atoms with Crippen molar-refractivity contribution in [1.82, 2.24) is 4.40 Å². The Hall–Kier alpha value is -3.73. The summed E-state index contributed by atoms with van der Waals surface area (Å²) in [4.78, 5) is 23.3. The van der Waals surface area contributed by atoms with Crippen LogP contribution in [0, 0.1) is 11.3 Å². The van der Waals surface area contributed by atoms with E-state index in [1.54, 1.807) is 23.6 Å². The van der Waals surface area contributed by atoms with Crippen LogP contribution in [0.5, 0.6) is 11.5 Å². The van der Waals surface area contributed by atoms with E-state index in [1.165, 1.54) is 0 Å². The van der Waals surface area contributed by atoms with Crippen molar-refractivity contribution in [2.75, 3.05) is 19.8 Å². The molecule has 3 rings (SSSR count). The molecule has 0 fully saturated rings. The number of rotatable bonds is 8. The second-order valence-electron chi connectivity index (χ2n) is 5.81. The Morgan fingerprint density at radius 1 is 1.18 bits per heavy atom. The Morgan fingerprint density at radius 2 is 1.96 bits per heavy atom. The number of benzene rings is 1. The van der Waals surface area contributed by atoms with Crippen LogP contribution in [0.15, 0.2) is 36.5 Å². The average molecular weight is 382 g/mol. The highest BCUT2D eigenvalue weighted by molar-refractivity contribution is 6.12. The zero-order valence-electron chi connectivity index (χ0n) is 15.2. The van der Waals surface area contributed by atoms with E-state index in [0.717, 1.165) is 5.52 Å². The van der Waals surface area contributed by atoms with E-state index in [1.807, 2.05) is 30.3 Å². The highest BCUT2D eigenvalue weighted by Crippen LogP contribution is 2.35. The highest BCUT2D eigenvalue weighted by atomic mass is 16.5. The number of carboxylic acid groups (broad SMARTS) is 1. The van der Waals surface area contributed by atoms with E-state index in [0.29, 0.717) is 16.5 Å². The molecule has 1 aromatic carbocycles. The van der Waals surface area contributed by atoms with Gasteiger partial charge in [-0.1, -0.05) is 18.2 Å². The van der Waals surface area contributed by atoms with Gasteiger partial charge in [0, 0.05) is 11.5 Å². The lowest BCUT2D eigenvalue weighted by molar-refractivity contribution is -0.137. The Morgan fingerprint density at radius 3 is 2.68 bits per heavy atom. The summed E-state index contributed by atoms with van der Waals surface area (Å²) in [5.41, 5.74) is 1.68. The molecule has 0 aliphatic heterocycles. The zero-order valence-corrected chi connectivity index (χ0v) is 15.2. The maximum absolute atomic E-state index is 12.6. The SMILES string of the molecule is CCOC(=O)c1c2ccccc2n2cc(OCC#N)c(OCCC(=O)O)cc12. The van der Waals surface area contributed by atoms with Crippen molar-refractivity contribution >= 4 is 28.4 Å². The summed E-state index contributed by atoms with van der Waals surface area (Å²) in [6.45, 7) is 1.68. The number of carbonyl (C=O) groups is 2. The quantitative estimate of drug-likeness (QED) is 0.596. The molecule has 0 aliphatic carbocycles. The molecule has 2 aromatic heterocycles. The van der Waals surface area contributed by atoms with E-state index in [2.05, 4.69) is 0 Å². The van der Waals surface area contributed by atoms with Crippen molar-refractivity contribution in [3.8, 4) is 17.6 Å². The van der Waals surface area contributed by atoms with Crippen LogP contribution in [-0.2, 0) is 9.53 Å². The van der Waals surface area contributed by atoms with Crippen molar-refractivity contribution in [1.29, 1.82) is 5.26 Å². The van der Waals surface area contributed by atoms with Crippen molar-refractivity contribution < 1.29 is 28.9 Å². The van der Waals surface area contributed by atoms with Gasteiger partial charge in [-0.05, 0) is 13.0 Å². The lowest BCUT2D eigenvalue weighted by Crippen LogP contribution is -2.08. The summed E-state index contributed by atoms with van der Waals surface area (Å²) in [5, 5.41) is 18.4. The monoisotopic (exact) mass is 382 g/mol. The van der Waals surface area contributed by atoms with Gasteiger partial charge in [0.15, 0.2) is 18.1 Å². The second kappa shape index (κ2) is 8.31. The first-order valence-electron chi connectivity index (χ1n) is 8.65. The number of para-hydroxylation sites is 1. The normalized spacial score (nSPS) is 10.6. The number of nitriles is 1. The lowest BCUT2D eigenvalue weighted by Gasteiger charge is -2.12. The molecule has 0 radical (unpaired) electrons. The third-order valence-corrected chi connectivity index (χ3v) is 4.05. The Balaban J connectivity index is 2.19. The molecule has 0 unspecified atom stereocenters. The van der Waals surface area contributed by atoms with Crippen LogP contribution < -0.4 is 9.47 Å². The minimum Gasteiger partial charge on any atom is -0.489 e. The maximum Gasteiger partial charge on any atom is 0.340 e. The van der Waals surface area contributed by atoms with Crippen molar-refractivity contribution in [3.05, 3.63) is 42.1 Å². The van der Waals surface area contributed by atoms with Gasteiger partial charge < -0.3 is 23.7 Å². The van der Waals surface area contributed by atoms with E-state index in [9.17, 15) is 9.59 Å². The summed E-state index contributed by atoms with van der Waals surface area (Å²) in [6.07, 6.45) is 1.42. The second-order valence-corrected chi connectivity index (χ2v) is 5.81. The number of ether oxygens (including phenoxy) is 3. The van der Waals surface area contributed by atoms with E-state index in [4.69, 9.17) is 24.6 Å². The molecule has 144 valence electrons. The molecule has 28 heavy (non-hydrogen) atoms. The van der Waals surface area contributed by atoms with Gasteiger partial charge in [-0.25, -0.2) is 4.79 Å². The number of aliphatic carboxylic acids is 1. The molecule has 8 heteroatoms. The Bertz CT molecular complexity index is 1080. The van der Waals surface area contributed by atoms with E-state index >= 15 is 0 Å². The summed E-state index contributed by atoms with van der Waals surface area (Å²) < 4.78 is 18.0. The summed E-state index contributed by atoms with van der Waals surface area (Å²) in [6, 6.07) is 10.8. The standard InChI is InChI=1S/C20H18N2O6/c1-2-26-20(25)19-13-5-3-4-6-14(13)22-12-17(28-10-8-21)16(11-15(19)22)27-9-7-18(23)24/h3-6,11-12H,2,7,9-10H2,1H3,(H,23,24). The van der Waals surface area contributed by atoms with Gasteiger partial charge in [0.05, 0.1) is 42.4 Å². The molecule has 0 bridgehead atoms. The highest BCUT2D eigenvalue weighted by Gasteiger charge is 2.21. The van der Waals surface area contributed by atoms with Crippen LogP contribution in [-0.4, -0.2) is 41.3 Å². The van der Waals surface area contributed by atoms with Crippen LogP contribution in [0.2, 0.25) is 0 Å². The first kappa shape index (κ1) is 19.0. The number of hydrogen-bond acceptors (Lipinski definition) is 6. The minimum absolute atomic E-state index is 0.0800. The van der Waals surface area contributed by atoms with Crippen LogP contribution in [0.25, 0.3) is 16.4 Å². The third-order valence-electron chi connectivity index (χ3n) is 4.05. The van der Waals surface area contributed by atoms with Gasteiger partial charge in [0.1, 0.15) is 6.07 Å². The molecule has 0 atom stereocenters.